The average molecular weight is 342 g/mol. The number of halogens is 1. The van der Waals surface area contributed by atoms with E-state index in [4.69, 9.17) is 10.2 Å². The highest BCUT2D eigenvalue weighted by atomic mass is 79.9. The van der Waals surface area contributed by atoms with E-state index in [2.05, 4.69) is 21.2 Å². The van der Waals surface area contributed by atoms with Crippen LogP contribution in [0.15, 0.2) is 28.7 Å². The van der Waals surface area contributed by atoms with Gasteiger partial charge in [0.25, 0.3) is 0 Å². The van der Waals surface area contributed by atoms with Crippen molar-refractivity contribution >= 4 is 27.8 Å². The van der Waals surface area contributed by atoms with Crippen LogP contribution >= 0.6 is 15.9 Å². The first kappa shape index (κ1) is 15.0. The van der Waals surface area contributed by atoms with Crippen molar-refractivity contribution in [2.45, 2.75) is 30.7 Å². The molecular formula is C14H16BrNO4. The molecular weight excluding hydrogens is 326 g/mol. The minimum Gasteiger partial charge on any atom is -0.480 e. The Kier molecular flexibility index (Phi) is 4.45. The molecule has 1 atom stereocenters. The van der Waals surface area contributed by atoms with E-state index >= 15 is 0 Å². The van der Waals surface area contributed by atoms with Crippen molar-refractivity contribution in [3.63, 3.8) is 0 Å². The van der Waals surface area contributed by atoms with Crippen molar-refractivity contribution in [2.75, 3.05) is 6.61 Å². The molecule has 0 radical (unpaired) electrons. The molecule has 2 rings (SSSR count). The Labute approximate surface area is 125 Å². The third-order valence-corrected chi connectivity index (χ3v) is 4.13. The molecule has 5 nitrogen and oxygen atoms in total. The Balaban J connectivity index is 2.12. The molecule has 1 fully saturated rings. The Morgan fingerprint density at radius 3 is 2.35 bits per heavy atom. The SMILES string of the molecule is O=C(O)[C@H](CCO)NC(=O)C1(c2ccc(Br)cc2)CC1. The van der Waals surface area contributed by atoms with Gasteiger partial charge in [0.05, 0.1) is 5.41 Å². The number of carboxylic acid groups (broad SMARTS) is 1. The fraction of sp³-hybridized carbons (Fsp3) is 0.429. The van der Waals surface area contributed by atoms with Gasteiger partial charge < -0.3 is 15.5 Å². The van der Waals surface area contributed by atoms with Crippen LogP contribution in [0.4, 0.5) is 0 Å². The molecule has 20 heavy (non-hydrogen) atoms. The Hall–Kier alpha value is -1.40. The van der Waals surface area contributed by atoms with Gasteiger partial charge in [-0.25, -0.2) is 4.79 Å². The van der Waals surface area contributed by atoms with Gasteiger partial charge in [0.2, 0.25) is 5.91 Å². The van der Waals surface area contributed by atoms with E-state index in [-0.39, 0.29) is 18.9 Å². The molecule has 108 valence electrons. The fourth-order valence-electron chi connectivity index (χ4n) is 2.22. The summed E-state index contributed by atoms with van der Waals surface area (Å²) in [7, 11) is 0. The number of amides is 1. The van der Waals surface area contributed by atoms with Gasteiger partial charge in [-0.2, -0.15) is 0 Å². The predicted octanol–water partition coefficient (Wildman–Crippen LogP) is 1.43. The summed E-state index contributed by atoms with van der Waals surface area (Å²) in [5.41, 5.74) is 0.287. The van der Waals surface area contributed by atoms with Crippen molar-refractivity contribution < 1.29 is 19.8 Å². The molecule has 0 heterocycles. The maximum atomic E-state index is 12.3. The van der Waals surface area contributed by atoms with Crippen LogP contribution in [-0.4, -0.2) is 34.7 Å². The number of carbonyl (C=O) groups excluding carboxylic acids is 1. The van der Waals surface area contributed by atoms with Crippen molar-refractivity contribution in [1.82, 2.24) is 5.32 Å². The fourth-order valence-corrected chi connectivity index (χ4v) is 2.49. The monoisotopic (exact) mass is 341 g/mol. The van der Waals surface area contributed by atoms with Crippen LogP contribution in [0, 0.1) is 0 Å². The van der Waals surface area contributed by atoms with Gasteiger partial charge in [-0.3, -0.25) is 4.79 Å². The summed E-state index contributed by atoms with van der Waals surface area (Å²) >= 11 is 3.34. The van der Waals surface area contributed by atoms with Crippen LogP contribution in [0.5, 0.6) is 0 Å². The molecule has 0 saturated heterocycles. The van der Waals surface area contributed by atoms with Gasteiger partial charge in [0.1, 0.15) is 6.04 Å². The van der Waals surface area contributed by atoms with Gasteiger partial charge in [-0.05, 0) is 30.5 Å². The molecule has 1 aliphatic carbocycles. The number of aliphatic carboxylic acids is 1. The van der Waals surface area contributed by atoms with Crippen LogP contribution < -0.4 is 5.32 Å². The first-order valence-corrected chi connectivity index (χ1v) is 7.19. The summed E-state index contributed by atoms with van der Waals surface area (Å²) in [6.07, 6.45) is 1.44. The van der Waals surface area contributed by atoms with Crippen molar-refractivity contribution in [2.24, 2.45) is 0 Å². The van der Waals surface area contributed by atoms with E-state index in [1.807, 2.05) is 24.3 Å². The van der Waals surface area contributed by atoms with Crippen LogP contribution in [0.3, 0.4) is 0 Å². The zero-order chi connectivity index (χ0) is 14.8. The summed E-state index contributed by atoms with van der Waals surface area (Å²) in [4.78, 5) is 23.4. The van der Waals surface area contributed by atoms with Gasteiger partial charge in [-0.1, -0.05) is 28.1 Å². The minimum absolute atomic E-state index is 0.0114. The molecule has 1 aromatic rings. The second-order valence-corrected chi connectivity index (χ2v) is 5.88. The van der Waals surface area contributed by atoms with Crippen LogP contribution in [0.1, 0.15) is 24.8 Å². The van der Waals surface area contributed by atoms with Gasteiger partial charge >= 0.3 is 5.97 Å². The Bertz CT molecular complexity index is 510. The molecule has 3 N–H and O–H groups in total. The van der Waals surface area contributed by atoms with Crippen LogP contribution in [0.2, 0.25) is 0 Å². The number of nitrogens with one attached hydrogen (secondary N) is 1. The lowest BCUT2D eigenvalue weighted by Gasteiger charge is -2.19. The van der Waals surface area contributed by atoms with E-state index in [0.29, 0.717) is 12.8 Å². The molecule has 0 unspecified atom stereocenters. The minimum atomic E-state index is -1.13. The lowest BCUT2D eigenvalue weighted by molar-refractivity contribution is -0.142. The van der Waals surface area contributed by atoms with E-state index in [1.54, 1.807) is 0 Å². The Morgan fingerprint density at radius 1 is 1.30 bits per heavy atom. The number of benzene rings is 1. The zero-order valence-electron chi connectivity index (χ0n) is 10.8. The second-order valence-electron chi connectivity index (χ2n) is 4.97. The smallest absolute Gasteiger partial charge is 0.326 e. The third-order valence-electron chi connectivity index (χ3n) is 3.60. The third kappa shape index (κ3) is 3.02. The largest absolute Gasteiger partial charge is 0.480 e. The molecule has 1 amide bonds. The quantitative estimate of drug-likeness (QED) is 0.730. The average Bonchev–Trinajstić information content (AvgIpc) is 3.20. The predicted molar refractivity (Wildman–Crippen MR) is 76.3 cm³/mol. The molecule has 0 spiro atoms. The van der Waals surface area contributed by atoms with Gasteiger partial charge in [-0.15, -0.1) is 0 Å². The van der Waals surface area contributed by atoms with E-state index in [1.165, 1.54) is 0 Å². The maximum absolute atomic E-state index is 12.3. The zero-order valence-corrected chi connectivity index (χ0v) is 12.4. The second kappa shape index (κ2) is 5.93. The number of carboxylic acids is 1. The lowest BCUT2D eigenvalue weighted by Crippen LogP contribution is -2.46. The molecule has 0 aromatic heterocycles. The van der Waals surface area contributed by atoms with E-state index < -0.39 is 17.4 Å². The lowest BCUT2D eigenvalue weighted by atomic mass is 9.94. The summed E-state index contributed by atoms with van der Waals surface area (Å²) in [6.45, 7) is -0.275. The molecule has 0 bridgehead atoms. The summed E-state index contributed by atoms with van der Waals surface area (Å²) in [5, 5.41) is 20.4. The first-order chi connectivity index (χ1) is 9.49. The first-order valence-electron chi connectivity index (χ1n) is 6.40. The number of hydrogen-bond donors (Lipinski definition) is 3. The molecule has 6 heteroatoms. The van der Waals surface area contributed by atoms with E-state index in [9.17, 15) is 9.59 Å². The van der Waals surface area contributed by atoms with Crippen molar-refractivity contribution in [3.8, 4) is 0 Å². The number of aliphatic hydroxyl groups is 1. The number of carbonyl (C=O) groups is 2. The van der Waals surface area contributed by atoms with E-state index in [0.717, 1.165) is 10.0 Å². The maximum Gasteiger partial charge on any atom is 0.326 e. The topological polar surface area (TPSA) is 86.6 Å². The Morgan fingerprint density at radius 2 is 1.90 bits per heavy atom. The highest BCUT2D eigenvalue weighted by Gasteiger charge is 2.51. The highest BCUT2D eigenvalue weighted by molar-refractivity contribution is 9.10. The van der Waals surface area contributed by atoms with Crippen molar-refractivity contribution in [1.29, 1.82) is 0 Å². The summed E-state index contributed by atoms with van der Waals surface area (Å²) in [6, 6.07) is 6.44. The normalized spacial score (nSPS) is 17.3. The number of aliphatic hydroxyl groups excluding tert-OH is 1. The molecule has 1 aromatic carbocycles. The van der Waals surface area contributed by atoms with Crippen LogP contribution in [0.25, 0.3) is 0 Å². The number of rotatable bonds is 6. The molecule has 1 saturated carbocycles. The molecule has 0 aliphatic heterocycles. The van der Waals surface area contributed by atoms with Gasteiger partial charge in [0, 0.05) is 17.5 Å². The summed E-state index contributed by atoms with van der Waals surface area (Å²) < 4.78 is 0.932. The van der Waals surface area contributed by atoms with Crippen molar-refractivity contribution in [3.05, 3.63) is 34.3 Å². The molecule has 1 aliphatic rings. The summed E-state index contributed by atoms with van der Waals surface area (Å²) in [5.74, 6) is -1.40. The standard InChI is InChI=1S/C14H16BrNO4/c15-10-3-1-9(2-4-10)14(6-7-14)13(20)16-11(5-8-17)12(18)19/h1-4,11,17H,5-8H2,(H,16,20)(H,18,19)/t11-/m0/s1. The van der Waals surface area contributed by atoms with Crippen LogP contribution in [-0.2, 0) is 15.0 Å². The highest BCUT2D eigenvalue weighted by Crippen LogP contribution is 2.48. The van der Waals surface area contributed by atoms with Gasteiger partial charge in [0.15, 0.2) is 0 Å². The number of hydrogen-bond acceptors (Lipinski definition) is 3.